The summed E-state index contributed by atoms with van der Waals surface area (Å²) in [6.45, 7) is 0. The molecule has 0 radical (unpaired) electrons. The summed E-state index contributed by atoms with van der Waals surface area (Å²) in [6, 6.07) is 20.3. The topological polar surface area (TPSA) is 65.4 Å². The zero-order valence-corrected chi connectivity index (χ0v) is 17.7. The summed E-state index contributed by atoms with van der Waals surface area (Å²) in [5, 5.41) is 1.15. The highest BCUT2D eigenvalue weighted by atomic mass is 35.5. The Hall–Kier alpha value is -3.09. The molecule has 0 saturated carbocycles. The maximum atomic E-state index is 13.6. The van der Waals surface area contributed by atoms with Crippen LogP contribution in [-0.2, 0) is 21.2 Å². The first-order valence-electron chi connectivity index (χ1n) is 9.18. The average Bonchev–Trinajstić information content (AvgIpc) is 3.15. The first kappa shape index (κ1) is 20.2. The van der Waals surface area contributed by atoms with Crippen molar-refractivity contribution >= 4 is 38.8 Å². The summed E-state index contributed by atoms with van der Waals surface area (Å²) in [5.41, 5.74) is 2.21. The van der Waals surface area contributed by atoms with Crippen LogP contribution in [0.25, 0.3) is 22.2 Å². The molecule has 0 bridgehead atoms. The molecule has 0 atom stereocenters. The predicted molar refractivity (Wildman–Crippen MR) is 118 cm³/mol. The number of methoxy groups -OCH3 is 1. The Morgan fingerprint density at radius 1 is 1.00 bits per heavy atom. The predicted octanol–water partition coefficient (Wildman–Crippen LogP) is 4.95. The average molecular weight is 440 g/mol. The Morgan fingerprint density at radius 3 is 2.47 bits per heavy atom. The minimum Gasteiger partial charge on any atom is -0.497 e. The Kier molecular flexibility index (Phi) is 5.37. The molecular weight excluding hydrogens is 422 g/mol. The second-order valence-electron chi connectivity index (χ2n) is 6.71. The third kappa shape index (κ3) is 3.49. The normalized spacial score (nSPS) is 11.5. The summed E-state index contributed by atoms with van der Waals surface area (Å²) in [6.07, 6.45) is 0.928. The Labute approximate surface area is 179 Å². The molecule has 1 aromatic heterocycles. The van der Waals surface area contributed by atoms with Gasteiger partial charge in [-0.3, -0.25) is 0 Å². The molecule has 30 heavy (non-hydrogen) atoms. The molecule has 152 valence electrons. The number of aromatic nitrogens is 1. The van der Waals surface area contributed by atoms with Crippen LogP contribution < -0.4 is 4.74 Å². The summed E-state index contributed by atoms with van der Waals surface area (Å²) < 4.78 is 33.9. The molecule has 0 aliphatic rings. The molecule has 0 unspecified atom stereocenters. The molecule has 0 amide bonds. The van der Waals surface area contributed by atoms with Gasteiger partial charge in [0, 0.05) is 22.4 Å². The number of ether oxygens (including phenoxy) is 1. The van der Waals surface area contributed by atoms with Gasteiger partial charge < -0.3 is 9.53 Å². The van der Waals surface area contributed by atoms with Crippen LogP contribution in [0.2, 0.25) is 5.02 Å². The fraction of sp³-hybridized carbons (Fsp3) is 0.0870. The first-order valence-corrected chi connectivity index (χ1v) is 11.0. The van der Waals surface area contributed by atoms with E-state index < -0.39 is 10.0 Å². The van der Waals surface area contributed by atoms with Gasteiger partial charge in [0.25, 0.3) is 10.0 Å². The van der Waals surface area contributed by atoms with E-state index in [1.807, 2.05) is 0 Å². The number of halogens is 1. The number of carbonyl (C=O) groups excluding carboxylic acids is 1. The molecule has 5 nitrogen and oxygen atoms in total. The van der Waals surface area contributed by atoms with Gasteiger partial charge in [0.15, 0.2) is 0 Å². The Balaban J connectivity index is 2.10. The van der Waals surface area contributed by atoms with Gasteiger partial charge >= 0.3 is 0 Å². The largest absolute Gasteiger partial charge is 0.497 e. The summed E-state index contributed by atoms with van der Waals surface area (Å²) in [4.78, 5) is 11.4. The number of rotatable bonds is 6. The third-order valence-corrected chi connectivity index (χ3v) is 6.87. The molecule has 0 N–H and O–H groups in total. The fourth-order valence-electron chi connectivity index (χ4n) is 3.49. The number of carbonyl (C=O) groups is 1. The maximum absolute atomic E-state index is 13.6. The van der Waals surface area contributed by atoms with E-state index in [-0.39, 0.29) is 11.3 Å². The minimum absolute atomic E-state index is 0.142. The SMILES string of the molecule is COc1ccc2c(c1)cc(-c1cc(Cl)ccc1CC=O)n2S(=O)(=O)c1ccccc1. The van der Waals surface area contributed by atoms with E-state index in [4.69, 9.17) is 16.3 Å². The van der Waals surface area contributed by atoms with Crippen LogP contribution in [0.4, 0.5) is 0 Å². The lowest BCUT2D eigenvalue weighted by atomic mass is 10.0. The van der Waals surface area contributed by atoms with Gasteiger partial charge in [-0.15, -0.1) is 0 Å². The monoisotopic (exact) mass is 439 g/mol. The molecule has 0 aliphatic heterocycles. The van der Waals surface area contributed by atoms with Crippen molar-refractivity contribution in [2.75, 3.05) is 7.11 Å². The van der Waals surface area contributed by atoms with Crippen LogP contribution >= 0.6 is 11.6 Å². The van der Waals surface area contributed by atoms with Crippen LogP contribution in [0.1, 0.15) is 5.56 Å². The van der Waals surface area contributed by atoms with E-state index in [2.05, 4.69) is 0 Å². The third-order valence-electron chi connectivity index (χ3n) is 4.90. The molecular formula is C23H18ClNO4S. The molecule has 0 spiro atoms. The van der Waals surface area contributed by atoms with Gasteiger partial charge in [0.2, 0.25) is 0 Å². The van der Waals surface area contributed by atoms with Crippen LogP contribution in [0.3, 0.4) is 0 Å². The first-order chi connectivity index (χ1) is 14.5. The van der Waals surface area contributed by atoms with Crippen molar-refractivity contribution in [3.05, 3.63) is 83.4 Å². The molecule has 1 heterocycles. The standard InChI is InChI=1S/C23H18ClNO4S/c1-29-19-9-10-22-17(13-19)14-23(21-15-18(24)8-7-16(21)11-12-26)25(22)30(27,28)20-5-3-2-4-6-20/h2-10,12-15H,11H2,1H3. The van der Waals surface area contributed by atoms with Gasteiger partial charge in [-0.2, -0.15) is 0 Å². The lowest BCUT2D eigenvalue weighted by Gasteiger charge is -2.14. The zero-order valence-electron chi connectivity index (χ0n) is 16.1. The van der Waals surface area contributed by atoms with Crippen LogP contribution in [0.15, 0.2) is 77.7 Å². The van der Waals surface area contributed by atoms with Gasteiger partial charge in [-0.25, -0.2) is 12.4 Å². The van der Waals surface area contributed by atoms with Crippen molar-refractivity contribution in [2.24, 2.45) is 0 Å². The molecule has 0 aliphatic carbocycles. The second kappa shape index (κ2) is 7.97. The molecule has 0 saturated heterocycles. The summed E-state index contributed by atoms with van der Waals surface area (Å²) >= 11 is 6.23. The van der Waals surface area contributed by atoms with E-state index >= 15 is 0 Å². The zero-order chi connectivity index (χ0) is 21.3. The van der Waals surface area contributed by atoms with Crippen molar-refractivity contribution in [3.8, 4) is 17.0 Å². The van der Waals surface area contributed by atoms with E-state index in [0.29, 0.717) is 38.5 Å². The number of hydrogen-bond donors (Lipinski definition) is 0. The fourth-order valence-corrected chi connectivity index (χ4v) is 5.21. The van der Waals surface area contributed by atoms with Crippen molar-refractivity contribution in [3.63, 3.8) is 0 Å². The van der Waals surface area contributed by atoms with E-state index in [0.717, 1.165) is 6.29 Å². The number of hydrogen-bond acceptors (Lipinski definition) is 4. The molecule has 7 heteroatoms. The summed E-state index contributed by atoms with van der Waals surface area (Å²) in [5.74, 6) is 0.613. The summed E-state index contributed by atoms with van der Waals surface area (Å²) in [7, 11) is -2.37. The van der Waals surface area contributed by atoms with E-state index in [1.165, 1.54) is 3.97 Å². The Morgan fingerprint density at radius 2 is 1.77 bits per heavy atom. The van der Waals surface area contributed by atoms with Crippen molar-refractivity contribution in [2.45, 2.75) is 11.3 Å². The Bertz CT molecular complexity index is 1340. The van der Waals surface area contributed by atoms with E-state index in [9.17, 15) is 13.2 Å². The van der Waals surface area contributed by atoms with Crippen LogP contribution in [0.5, 0.6) is 5.75 Å². The molecule has 4 rings (SSSR count). The smallest absolute Gasteiger partial charge is 0.268 e. The second-order valence-corrected chi connectivity index (χ2v) is 8.93. The lowest BCUT2D eigenvalue weighted by molar-refractivity contribution is -0.107. The van der Waals surface area contributed by atoms with Gasteiger partial charge in [-0.1, -0.05) is 35.9 Å². The van der Waals surface area contributed by atoms with Gasteiger partial charge in [-0.05, 0) is 54.1 Å². The molecule has 4 aromatic rings. The van der Waals surface area contributed by atoms with Crippen molar-refractivity contribution in [1.29, 1.82) is 0 Å². The molecule has 0 fully saturated rings. The highest BCUT2D eigenvalue weighted by molar-refractivity contribution is 7.90. The number of nitrogens with zero attached hydrogens (tertiary/aromatic N) is 1. The van der Waals surface area contributed by atoms with Gasteiger partial charge in [0.05, 0.1) is 23.2 Å². The van der Waals surface area contributed by atoms with Crippen molar-refractivity contribution < 1.29 is 17.9 Å². The maximum Gasteiger partial charge on any atom is 0.268 e. The lowest BCUT2D eigenvalue weighted by Crippen LogP contribution is -2.14. The van der Waals surface area contributed by atoms with Crippen LogP contribution in [0, 0.1) is 0 Å². The highest BCUT2D eigenvalue weighted by Crippen LogP contribution is 2.36. The van der Waals surface area contributed by atoms with Gasteiger partial charge in [0.1, 0.15) is 12.0 Å². The number of fused-ring (bicyclic) bond motifs is 1. The van der Waals surface area contributed by atoms with Crippen LogP contribution in [-0.4, -0.2) is 25.8 Å². The molecule has 3 aromatic carbocycles. The van der Waals surface area contributed by atoms with Crippen molar-refractivity contribution in [1.82, 2.24) is 3.97 Å². The minimum atomic E-state index is -3.92. The number of aldehydes is 1. The quantitative estimate of drug-likeness (QED) is 0.399. The highest BCUT2D eigenvalue weighted by Gasteiger charge is 2.25. The van der Waals surface area contributed by atoms with E-state index in [1.54, 1.807) is 79.9 Å². The number of benzene rings is 3.